The van der Waals surface area contributed by atoms with E-state index in [0.29, 0.717) is 18.2 Å². The molecule has 8 heteroatoms. The van der Waals surface area contributed by atoms with Gasteiger partial charge in [0.1, 0.15) is 5.75 Å². The molecule has 0 radical (unpaired) electrons. The smallest absolute Gasteiger partial charge is 0.316 e. The molecule has 8 nitrogen and oxygen atoms in total. The molecule has 1 aromatic carbocycles. The van der Waals surface area contributed by atoms with Crippen LogP contribution in [-0.4, -0.2) is 34.0 Å². The van der Waals surface area contributed by atoms with E-state index >= 15 is 0 Å². The van der Waals surface area contributed by atoms with Gasteiger partial charge < -0.3 is 9.64 Å². The van der Waals surface area contributed by atoms with Crippen LogP contribution in [0.1, 0.15) is 12.8 Å². The summed E-state index contributed by atoms with van der Waals surface area (Å²) in [6.07, 6.45) is 4.91. The third kappa shape index (κ3) is 3.65. The number of aromatic nitrogens is 2. The zero-order chi connectivity index (χ0) is 16.9. The van der Waals surface area contributed by atoms with Gasteiger partial charge in [-0.15, -0.1) is 0 Å². The van der Waals surface area contributed by atoms with Gasteiger partial charge in [-0.25, -0.2) is 9.97 Å². The second-order valence-corrected chi connectivity index (χ2v) is 5.51. The van der Waals surface area contributed by atoms with Crippen molar-refractivity contribution in [1.29, 1.82) is 0 Å². The number of hydrogen-bond acceptors (Lipinski definition) is 7. The van der Waals surface area contributed by atoms with E-state index in [0.717, 1.165) is 19.4 Å². The average Bonchev–Trinajstić information content (AvgIpc) is 2.63. The van der Waals surface area contributed by atoms with Crippen LogP contribution >= 0.6 is 0 Å². The summed E-state index contributed by atoms with van der Waals surface area (Å²) in [6, 6.07) is 7.23. The Morgan fingerprint density at radius 3 is 2.62 bits per heavy atom. The number of hydrogen-bond donors (Lipinski definition) is 0. The molecule has 0 N–H and O–H groups in total. The Morgan fingerprint density at radius 2 is 1.96 bits per heavy atom. The van der Waals surface area contributed by atoms with Crippen molar-refractivity contribution in [3.05, 3.63) is 52.8 Å². The first-order valence-electron chi connectivity index (χ1n) is 7.61. The van der Waals surface area contributed by atoms with Crippen molar-refractivity contribution in [2.75, 3.05) is 18.0 Å². The quantitative estimate of drug-likeness (QED) is 0.367. The average molecular weight is 328 g/mol. The zero-order valence-corrected chi connectivity index (χ0v) is 12.9. The van der Waals surface area contributed by atoms with Crippen LogP contribution in [0.15, 0.2) is 42.7 Å². The molecule has 3 rings (SSSR count). The summed E-state index contributed by atoms with van der Waals surface area (Å²) >= 11 is 0. The highest BCUT2D eigenvalue weighted by Gasteiger charge is 2.28. The molecule has 2 aromatic rings. The Kier molecular flexibility index (Phi) is 4.64. The second kappa shape index (κ2) is 7.03. The minimum atomic E-state index is -0.496. The second-order valence-electron chi connectivity index (χ2n) is 5.51. The SMILES string of the molecule is O=C(Oc1ccc([N+](=O)[O-])cc1)C1CCCN(c2ncccn2)C1. The number of carbonyl (C=O) groups excluding carboxylic acids is 1. The van der Waals surface area contributed by atoms with E-state index in [1.807, 2.05) is 4.90 Å². The van der Waals surface area contributed by atoms with Crippen molar-refractivity contribution >= 4 is 17.6 Å². The van der Waals surface area contributed by atoms with Gasteiger partial charge in [-0.1, -0.05) is 0 Å². The minimum absolute atomic E-state index is 0.0418. The number of nitrogens with zero attached hydrogens (tertiary/aromatic N) is 4. The third-order valence-electron chi connectivity index (χ3n) is 3.86. The first-order valence-corrected chi connectivity index (χ1v) is 7.61. The van der Waals surface area contributed by atoms with E-state index in [1.54, 1.807) is 18.5 Å². The highest BCUT2D eigenvalue weighted by atomic mass is 16.6. The predicted octanol–water partition coefficient (Wildman–Crippen LogP) is 2.21. The number of non-ortho nitro benzene ring substituents is 1. The van der Waals surface area contributed by atoms with E-state index in [2.05, 4.69) is 9.97 Å². The van der Waals surface area contributed by atoms with Crippen molar-refractivity contribution < 1.29 is 14.5 Å². The van der Waals surface area contributed by atoms with Crippen LogP contribution in [0.3, 0.4) is 0 Å². The molecule has 124 valence electrons. The molecule has 0 saturated carbocycles. The molecule has 24 heavy (non-hydrogen) atoms. The standard InChI is InChI=1S/C16H16N4O4/c21-15(24-14-6-4-13(5-7-14)20(22)23)12-3-1-10-19(11-12)16-17-8-2-9-18-16/h2,4-9,12H,1,3,10-11H2. The third-order valence-corrected chi connectivity index (χ3v) is 3.86. The Balaban J connectivity index is 1.63. The van der Waals surface area contributed by atoms with Crippen molar-refractivity contribution in [3.63, 3.8) is 0 Å². The molecule has 1 saturated heterocycles. The first kappa shape index (κ1) is 15.9. The lowest BCUT2D eigenvalue weighted by molar-refractivity contribution is -0.384. The van der Waals surface area contributed by atoms with Crippen LogP contribution in [0.2, 0.25) is 0 Å². The Morgan fingerprint density at radius 1 is 1.25 bits per heavy atom. The first-order chi connectivity index (χ1) is 11.6. The van der Waals surface area contributed by atoms with Gasteiger partial charge in [0.2, 0.25) is 5.95 Å². The molecule has 1 fully saturated rings. The number of esters is 1. The van der Waals surface area contributed by atoms with Gasteiger partial charge in [0.15, 0.2) is 0 Å². The van der Waals surface area contributed by atoms with Gasteiger partial charge in [0.25, 0.3) is 5.69 Å². The molecule has 1 aliphatic rings. The fraction of sp³-hybridized carbons (Fsp3) is 0.312. The maximum absolute atomic E-state index is 12.3. The minimum Gasteiger partial charge on any atom is -0.426 e. The van der Waals surface area contributed by atoms with Crippen LogP contribution < -0.4 is 9.64 Å². The maximum Gasteiger partial charge on any atom is 0.316 e. The predicted molar refractivity (Wildman–Crippen MR) is 85.7 cm³/mol. The Labute approximate surface area is 138 Å². The number of benzene rings is 1. The fourth-order valence-electron chi connectivity index (χ4n) is 2.64. The van der Waals surface area contributed by atoms with Crippen LogP contribution in [-0.2, 0) is 4.79 Å². The van der Waals surface area contributed by atoms with Crippen LogP contribution in [0.25, 0.3) is 0 Å². The van der Waals surface area contributed by atoms with E-state index in [1.165, 1.54) is 24.3 Å². The molecule has 0 bridgehead atoms. The number of nitro benzene ring substituents is 1. The number of piperidine rings is 1. The van der Waals surface area contributed by atoms with E-state index in [4.69, 9.17) is 4.74 Å². The molecule has 0 spiro atoms. The number of anilines is 1. The topological polar surface area (TPSA) is 98.5 Å². The van der Waals surface area contributed by atoms with Crippen LogP contribution in [0, 0.1) is 16.0 Å². The van der Waals surface area contributed by atoms with Crippen molar-refractivity contribution in [2.24, 2.45) is 5.92 Å². The van der Waals surface area contributed by atoms with Gasteiger partial charge in [0.05, 0.1) is 10.8 Å². The highest BCUT2D eigenvalue weighted by Crippen LogP contribution is 2.23. The fourth-order valence-corrected chi connectivity index (χ4v) is 2.64. The van der Waals surface area contributed by atoms with Crippen molar-refractivity contribution in [2.45, 2.75) is 12.8 Å². The largest absolute Gasteiger partial charge is 0.426 e. The van der Waals surface area contributed by atoms with Gasteiger partial charge in [-0.2, -0.15) is 0 Å². The molecule has 1 aromatic heterocycles. The highest BCUT2D eigenvalue weighted by molar-refractivity contribution is 5.76. The molecular formula is C16H16N4O4. The van der Waals surface area contributed by atoms with E-state index in [-0.39, 0.29) is 17.6 Å². The summed E-state index contributed by atoms with van der Waals surface area (Å²) in [5, 5.41) is 10.6. The molecule has 1 aliphatic heterocycles. The lowest BCUT2D eigenvalue weighted by Gasteiger charge is -2.31. The molecule has 0 aliphatic carbocycles. The Hall–Kier alpha value is -3.03. The summed E-state index contributed by atoms with van der Waals surface area (Å²) in [5.74, 6) is 0.284. The van der Waals surface area contributed by atoms with Crippen LogP contribution in [0.5, 0.6) is 5.75 Å². The number of nitro groups is 1. The van der Waals surface area contributed by atoms with Gasteiger partial charge in [0, 0.05) is 37.6 Å². The maximum atomic E-state index is 12.3. The monoisotopic (exact) mass is 328 g/mol. The summed E-state index contributed by atoms with van der Waals surface area (Å²) in [5.41, 5.74) is -0.0418. The summed E-state index contributed by atoms with van der Waals surface area (Å²) in [7, 11) is 0. The number of ether oxygens (including phenoxy) is 1. The summed E-state index contributed by atoms with van der Waals surface area (Å²) < 4.78 is 5.34. The normalized spacial score (nSPS) is 17.3. The van der Waals surface area contributed by atoms with Crippen molar-refractivity contribution in [3.8, 4) is 5.75 Å². The molecule has 2 heterocycles. The Bertz CT molecular complexity index is 721. The van der Waals surface area contributed by atoms with Gasteiger partial charge in [-0.3, -0.25) is 14.9 Å². The van der Waals surface area contributed by atoms with Gasteiger partial charge in [-0.05, 0) is 31.0 Å². The molecular weight excluding hydrogens is 312 g/mol. The zero-order valence-electron chi connectivity index (χ0n) is 12.9. The number of carbonyl (C=O) groups is 1. The number of rotatable bonds is 4. The lowest BCUT2D eigenvalue weighted by atomic mass is 9.98. The lowest BCUT2D eigenvalue weighted by Crippen LogP contribution is -2.41. The van der Waals surface area contributed by atoms with Crippen LogP contribution in [0.4, 0.5) is 11.6 Å². The molecule has 1 atom stereocenters. The van der Waals surface area contributed by atoms with Crippen molar-refractivity contribution in [1.82, 2.24) is 9.97 Å². The summed E-state index contributed by atoms with van der Waals surface area (Å²) in [4.78, 5) is 32.9. The van der Waals surface area contributed by atoms with E-state index in [9.17, 15) is 14.9 Å². The van der Waals surface area contributed by atoms with Gasteiger partial charge >= 0.3 is 5.97 Å². The molecule has 1 unspecified atom stereocenters. The molecule has 0 amide bonds. The summed E-state index contributed by atoms with van der Waals surface area (Å²) in [6.45, 7) is 1.29. The van der Waals surface area contributed by atoms with E-state index < -0.39 is 4.92 Å².